The van der Waals surface area contributed by atoms with Crippen LogP contribution in [-0.2, 0) is 4.79 Å². The second kappa shape index (κ2) is 3.92. The van der Waals surface area contributed by atoms with Gasteiger partial charge in [0.1, 0.15) is 0 Å². The quantitative estimate of drug-likeness (QED) is 0.726. The molecule has 5 heteroatoms. The van der Waals surface area contributed by atoms with Crippen molar-refractivity contribution in [3.8, 4) is 0 Å². The standard InChI is InChI=1S/C10H15N3O2/c1-8(14)12-5-2-3-9(7-12)13-6-4-11-10(13)15/h4,6,9H,2-3,5,7H2,1H3,(H,11,15). The Bertz CT molecular complexity index is 407. The number of nitrogens with zero attached hydrogens (tertiary/aromatic N) is 2. The van der Waals surface area contributed by atoms with E-state index in [2.05, 4.69) is 4.98 Å². The Kier molecular flexibility index (Phi) is 2.62. The average molecular weight is 209 g/mol. The third-order valence-electron chi connectivity index (χ3n) is 2.91. The molecule has 0 saturated carbocycles. The van der Waals surface area contributed by atoms with Gasteiger partial charge >= 0.3 is 5.69 Å². The van der Waals surface area contributed by atoms with E-state index in [4.69, 9.17) is 0 Å². The highest BCUT2D eigenvalue weighted by Gasteiger charge is 2.23. The molecule has 2 rings (SSSR count). The lowest BCUT2D eigenvalue weighted by Crippen LogP contribution is -2.41. The molecule has 1 fully saturated rings. The number of aromatic amines is 1. The van der Waals surface area contributed by atoms with Crippen molar-refractivity contribution in [1.82, 2.24) is 14.5 Å². The summed E-state index contributed by atoms with van der Waals surface area (Å²) in [5.74, 6) is 0.0864. The smallest absolute Gasteiger partial charge is 0.325 e. The normalized spacial score (nSPS) is 21.7. The first-order valence-electron chi connectivity index (χ1n) is 5.19. The first kappa shape index (κ1) is 10.0. The van der Waals surface area contributed by atoms with E-state index in [9.17, 15) is 9.59 Å². The van der Waals surface area contributed by atoms with Crippen LogP contribution in [0.15, 0.2) is 17.2 Å². The summed E-state index contributed by atoms with van der Waals surface area (Å²) >= 11 is 0. The van der Waals surface area contributed by atoms with Gasteiger partial charge in [0.2, 0.25) is 5.91 Å². The zero-order valence-electron chi connectivity index (χ0n) is 8.77. The highest BCUT2D eigenvalue weighted by atomic mass is 16.2. The van der Waals surface area contributed by atoms with E-state index >= 15 is 0 Å². The summed E-state index contributed by atoms with van der Waals surface area (Å²) in [4.78, 5) is 27.0. The summed E-state index contributed by atoms with van der Waals surface area (Å²) < 4.78 is 1.68. The van der Waals surface area contributed by atoms with E-state index in [0.717, 1.165) is 19.4 Å². The lowest BCUT2D eigenvalue weighted by atomic mass is 10.1. The largest absolute Gasteiger partial charge is 0.341 e. The number of rotatable bonds is 1. The molecular formula is C10H15N3O2. The van der Waals surface area contributed by atoms with Crippen LogP contribution in [0.4, 0.5) is 0 Å². The SMILES string of the molecule is CC(=O)N1CCCC(n2cc[nH]c2=O)C1. The van der Waals surface area contributed by atoms with Crippen LogP contribution in [0, 0.1) is 0 Å². The Morgan fingerprint density at radius 1 is 1.60 bits per heavy atom. The summed E-state index contributed by atoms with van der Waals surface area (Å²) in [7, 11) is 0. The number of carbonyl (C=O) groups excluding carboxylic acids is 1. The molecule has 1 saturated heterocycles. The van der Waals surface area contributed by atoms with Gasteiger partial charge in [0, 0.05) is 32.4 Å². The van der Waals surface area contributed by atoms with Crippen molar-refractivity contribution in [2.24, 2.45) is 0 Å². The Labute approximate surface area is 87.7 Å². The minimum Gasteiger partial charge on any atom is -0.341 e. The van der Waals surface area contributed by atoms with Gasteiger partial charge in [-0.15, -0.1) is 0 Å². The third-order valence-corrected chi connectivity index (χ3v) is 2.91. The number of hydrogen-bond acceptors (Lipinski definition) is 2. The first-order chi connectivity index (χ1) is 7.18. The minimum absolute atomic E-state index is 0.0864. The maximum Gasteiger partial charge on any atom is 0.325 e. The summed E-state index contributed by atoms with van der Waals surface area (Å²) in [5.41, 5.74) is -0.0922. The molecule has 1 aliphatic heterocycles. The van der Waals surface area contributed by atoms with Crippen LogP contribution in [0.1, 0.15) is 25.8 Å². The van der Waals surface area contributed by atoms with E-state index in [1.165, 1.54) is 0 Å². The number of likely N-dealkylation sites (tertiary alicyclic amines) is 1. The molecule has 0 aliphatic carbocycles. The Balaban J connectivity index is 2.14. The Morgan fingerprint density at radius 3 is 3.00 bits per heavy atom. The predicted octanol–water partition coefficient (Wildman–Crippen LogP) is 0.360. The molecular weight excluding hydrogens is 194 g/mol. The van der Waals surface area contributed by atoms with Crippen molar-refractivity contribution in [1.29, 1.82) is 0 Å². The van der Waals surface area contributed by atoms with Gasteiger partial charge in [0.25, 0.3) is 0 Å². The second-order valence-corrected chi connectivity index (χ2v) is 3.93. The number of carbonyl (C=O) groups is 1. The number of piperidine rings is 1. The van der Waals surface area contributed by atoms with Gasteiger partial charge in [0.05, 0.1) is 6.04 Å². The maximum absolute atomic E-state index is 11.4. The minimum atomic E-state index is -0.0922. The van der Waals surface area contributed by atoms with Gasteiger partial charge in [-0.3, -0.25) is 9.36 Å². The number of amides is 1. The van der Waals surface area contributed by atoms with Crippen molar-refractivity contribution in [3.05, 3.63) is 22.9 Å². The molecule has 1 aliphatic rings. The summed E-state index contributed by atoms with van der Waals surface area (Å²) in [6.45, 7) is 3.03. The van der Waals surface area contributed by atoms with Gasteiger partial charge in [-0.2, -0.15) is 0 Å². The molecule has 5 nitrogen and oxygen atoms in total. The molecule has 0 spiro atoms. The highest BCUT2D eigenvalue weighted by Crippen LogP contribution is 2.19. The van der Waals surface area contributed by atoms with Gasteiger partial charge in [-0.1, -0.05) is 0 Å². The van der Waals surface area contributed by atoms with Gasteiger partial charge in [0.15, 0.2) is 0 Å². The summed E-state index contributed by atoms with van der Waals surface area (Å²) in [6.07, 6.45) is 5.30. The molecule has 0 aromatic carbocycles. The van der Waals surface area contributed by atoms with E-state index in [-0.39, 0.29) is 17.6 Å². The highest BCUT2D eigenvalue weighted by molar-refractivity contribution is 5.73. The van der Waals surface area contributed by atoms with Crippen molar-refractivity contribution >= 4 is 5.91 Å². The molecule has 1 N–H and O–H groups in total. The fraction of sp³-hybridized carbons (Fsp3) is 0.600. The van der Waals surface area contributed by atoms with Crippen molar-refractivity contribution in [2.75, 3.05) is 13.1 Å². The van der Waals surface area contributed by atoms with Gasteiger partial charge in [-0.25, -0.2) is 4.79 Å². The van der Waals surface area contributed by atoms with Crippen LogP contribution in [0.3, 0.4) is 0 Å². The molecule has 0 radical (unpaired) electrons. The lowest BCUT2D eigenvalue weighted by molar-refractivity contribution is -0.130. The second-order valence-electron chi connectivity index (χ2n) is 3.93. The summed E-state index contributed by atoms with van der Waals surface area (Å²) in [6, 6.07) is 0.126. The predicted molar refractivity (Wildman–Crippen MR) is 55.6 cm³/mol. The molecule has 1 aromatic heterocycles. The maximum atomic E-state index is 11.4. The topological polar surface area (TPSA) is 58.1 Å². The van der Waals surface area contributed by atoms with E-state index in [0.29, 0.717) is 6.54 Å². The number of imidazole rings is 1. The molecule has 1 aromatic rings. The third kappa shape index (κ3) is 1.95. The van der Waals surface area contributed by atoms with Crippen LogP contribution in [-0.4, -0.2) is 33.4 Å². The zero-order chi connectivity index (χ0) is 10.8. The number of nitrogens with one attached hydrogen (secondary N) is 1. The molecule has 82 valence electrons. The number of aromatic nitrogens is 2. The fourth-order valence-corrected chi connectivity index (χ4v) is 2.09. The lowest BCUT2D eigenvalue weighted by Gasteiger charge is -2.32. The summed E-state index contributed by atoms with van der Waals surface area (Å²) in [5, 5.41) is 0. The molecule has 2 heterocycles. The van der Waals surface area contributed by atoms with E-state index < -0.39 is 0 Å². The molecule has 15 heavy (non-hydrogen) atoms. The van der Waals surface area contributed by atoms with Crippen LogP contribution >= 0.6 is 0 Å². The average Bonchev–Trinajstić information content (AvgIpc) is 2.64. The van der Waals surface area contributed by atoms with Crippen molar-refractivity contribution in [3.63, 3.8) is 0 Å². The number of hydrogen-bond donors (Lipinski definition) is 1. The molecule has 1 unspecified atom stereocenters. The van der Waals surface area contributed by atoms with Crippen molar-refractivity contribution in [2.45, 2.75) is 25.8 Å². The van der Waals surface area contributed by atoms with Gasteiger partial charge in [-0.05, 0) is 12.8 Å². The fourth-order valence-electron chi connectivity index (χ4n) is 2.09. The molecule has 0 bridgehead atoms. The monoisotopic (exact) mass is 209 g/mol. The number of H-pyrrole nitrogens is 1. The van der Waals surface area contributed by atoms with E-state index in [1.807, 2.05) is 0 Å². The van der Waals surface area contributed by atoms with E-state index in [1.54, 1.807) is 28.8 Å². The molecule has 1 atom stereocenters. The van der Waals surface area contributed by atoms with Crippen LogP contribution in [0.2, 0.25) is 0 Å². The van der Waals surface area contributed by atoms with Gasteiger partial charge < -0.3 is 9.88 Å². The van der Waals surface area contributed by atoms with Crippen LogP contribution in [0.25, 0.3) is 0 Å². The van der Waals surface area contributed by atoms with Crippen LogP contribution in [0.5, 0.6) is 0 Å². The molecule has 1 amide bonds. The Hall–Kier alpha value is -1.52. The Morgan fingerprint density at radius 2 is 2.40 bits per heavy atom. The zero-order valence-corrected chi connectivity index (χ0v) is 8.77. The van der Waals surface area contributed by atoms with Crippen LogP contribution < -0.4 is 5.69 Å². The van der Waals surface area contributed by atoms with Crippen molar-refractivity contribution < 1.29 is 4.79 Å². The first-order valence-corrected chi connectivity index (χ1v) is 5.19.